The maximum absolute atomic E-state index is 9.81. The van der Waals surface area contributed by atoms with Crippen molar-refractivity contribution in [3.05, 3.63) is 0 Å². The van der Waals surface area contributed by atoms with Crippen LogP contribution < -0.4 is 0 Å². The minimum Gasteiger partial charge on any atom is -0.300 e. The van der Waals surface area contributed by atoms with Crippen LogP contribution in [0.5, 0.6) is 0 Å². The van der Waals surface area contributed by atoms with Crippen LogP contribution in [0.2, 0.25) is 0 Å². The molecule has 13 heavy (non-hydrogen) atoms. The molecule has 0 amide bonds. The quantitative estimate of drug-likeness (QED) is 0.680. The van der Waals surface area contributed by atoms with Gasteiger partial charge in [0.05, 0.1) is 5.34 Å². The Morgan fingerprint density at radius 1 is 0.923 bits per heavy atom. The van der Waals surface area contributed by atoms with E-state index < -0.39 is 0 Å². The van der Waals surface area contributed by atoms with Crippen molar-refractivity contribution >= 4 is 34.8 Å². The fourth-order valence-electron chi connectivity index (χ4n) is 0. The molecule has 80 valence electrons. The molecule has 0 saturated carbocycles. The molecule has 0 spiro atoms. The maximum atomic E-state index is 9.81. The van der Waals surface area contributed by atoms with E-state index in [2.05, 4.69) is 0 Å². The van der Waals surface area contributed by atoms with Crippen molar-refractivity contribution < 1.29 is 9.59 Å². The number of carbonyl (C=O) groups is 2. The third-order valence-electron chi connectivity index (χ3n) is 0.996. The molecule has 0 heterocycles. The fraction of sp³-hybridized carbons (Fsp3) is 0.778. The van der Waals surface area contributed by atoms with Gasteiger partial charge in [0.2, 0.25) is 0 Å². The Hall–Kier alpha value is -0.0800. The minimum absolute atomic E-state index is 0.194. The first-order valence-corrected chi connectivity index (χ1v) is 5.13. The number of alkyl halides is 2. The third kappa shape index (κ3) is 76.3. The third-order valence-corrected chi connectivity index (χ3v) is 0.996. The molecule has 0 aliphatic rings. The highest BCUT2D eigenvalue weighted by atomic mass is 35.5. The van der Waals surface area contributed by atoms with Gasteiger partial charge in [-0.25, -0.2) is 0 Å². The zero-order valence-corrected chi connectivity index (χ0v) is 10.2. The van der Waals surface area contributed by atoms with Gasteiger partial charge in [-0.1, -0.05) is 13.8 Å². The van der Waals surface area contributed by atoms with E-state index in [1.807, 2.05) is 13.8 Å². The Balaban J connectivity index is -0.000000120. The van der Waals surface area contributed by atoms with Gasteiger partial charge in [0.25, 0.3) is 0 Å². The first-order valence-electron chi connectivity index (χ1n) is 4.06. The van der Waals surface area contributed by atoms with Crippen molar-refractivity contribution in [2.45, 2.75) is 40.5 Å². The predicted octanol–water partition coefficient (Wildman–Crippen LogP) is 3.39. The van der Waals surface area contributed by atoms with Crippen LogP contribution in [0.1, 0.15) is 40.5 Å². The molecule has 0 aromatic heterocycles. The summed E-state index contributed by atoms with van der Waals surface area (Å²) in [5, 5.41) is 0.194. The molecule has 0 aromatic carbocycles. The maximum Gasteiger partial charge on any atom is 0.129 e. The first kappa shape index (κ1) is 18.7. The van der Waals surface area contributed by atoms with Crippen LogP contribution in [0.15, 0.2) is 0 Å². The van der Waals surface area contributed by atoms with E-state index in [1.54, 1.807) is 13.8 Å². The van der Waals surface area contributed by atoms with E-state index in [4.69, 9.17) is 23.2 Å². The van der Waals surface area contributed by atoms with Gasteiger partial charge in [-0.05, 0) is 13.8 Å². The van der Waals surface area contributed by atoms with Crippen molar-refractivity contribution in [2.75, 3.05) is 5.34 Å². The minimum atomic E-state index is 0.194. The van der Waals surface area contributed by atoms with Gasteiger partial charge >= 0.3 is 0 Å². The lowest BCUT2D eigenvalue weighted by Crippen LogP contribution is -1.80. The summed E-state index contributed by atoms with van der Waals surface area (Å²) in [7, 11) is 0. The zero-order chi connectivity index (χ0) is 11.3. The second kappa shape index (κ2) is 17.9. The number of halogens is 2. The van der Waals surface area contributed by atoms with Crippen molar-refractivity contribution in [1.82, 2.24) is 0 Å². The van der Waals surface area contributed by atoms with Crippen molar-refractivity contribution in [2.24, 2.45) is 0 Å². The number of hydrogen-bond acceptors (Lipinski definition) is 2. The molecular weight excluding hydrogens is 211 g/mol. The molecule has 0 N–H and O–H groups in total. The van der Waals surface area contributed by atoms with E-state index >= 15 is 0 Å². The monoisotopic (exact) mass is 228 g/mol. The normalized spacial score (nSPS) is 7.23. The van der Waals surface area contributed by atoms with Crippen molar-refractivity contribution in [3.63, 3.8) is 0 Å². The molecule has 0 radical (unpaired) electrons. The molecule has 0 aliphatic carbocycles. The summed E-state index contributed by atoms with van der Waals surface area (Å²) in [6, 6.07) is 0. The van der Waals surface area contributed by atoms with E-state index in [0.29, 0.717) is 12.8 Å². The van der Waals surface area contributed by atoms with E-state index in [-0.39, 0.29) is 16.9 Å². The molecule has 0 rings (SSSR count). The number of hydrogen-bond donors (Lipinski definition) is 0. The van der Waals surface area contributed by atoms with Gasteiger partial charge in [-0.15, -0.1) is 23.2 Å². The van der Waals surface area contributed by atoms with Crippen LogP contribution in [0.4, 0.5) is 0 Å². The van der Waals surface area contributed by atoms with E-state index in [0.717, 1.165) is 0 Å². The van der Waals surface area contributed by atoms with Crippen LogP contribution in [0.3, 0.4) is 0 Å². The Labute approximate surface area is 90.6 Å². The lowest BCUT2D eigenvalue weighted by molar-refractivity contribution is -0.117. The SMILES string of the molecule is CCC(C)=O.CCC(C)=O.ClCCl. The molecule has 0 unspecified atom stereocenters. The van der Waals surface area contributed by atoms with Crippen molar-refractivity contribution in [1.29, 1.82) is 0 Å². The molecule has 0 saturated heterocycles. The topological polar surface area (TPSA) is 34.1 Å². The lowest BCUT2D eigenvalue weighted by atomic mass is 10.4. The number of rotatable bonds is 2. The van der Waals surface area contributed by atoms with Gasteiger partial charge < -0.3 is 9.59 Å². The molecular formula is C9H18Cl2O2. The van der Waals surface area contributed by atoms with Crippen LogP contribution in [0.25, 0.3) is 0 Å². The van der Waals surface area contributed by atoms with Gasteiger partial charge in [0.15, 0.2) is 0 Å². The van der Waals surface area contributed by atoms with Crippen molar-refractivity contribution in [3.8, 4) is 0 Å². The highest BCUT2D eigenvalue weighted by Crippen LogP contribution is 1.73. The van der Waals surface area contributed by atoms with Crippen LogP contribution >= 0.6 is 23.2 Å². The summed E-state index contributed by atoms with van der Waals surface area (Å²) < 4.78 is 0. The number of carbonyl (C=O) groups excluding carboxylic acids is 2. The second-order valence-electron chi connectivity index (χ2n) is 2.21. The molecule has 0 aromatic rings. The molecule has 2 nitrogen and oxygen atoms in total. The van der Waals surface area contributed by atoms with E-state index in [1.165, 1.54) is 0 Å². The summed E-state index contributed by atoms with van der Waals surface area (Å²) in [6.45, 7) is 6.87. The Morgan fingerprint density at radius 3 is 1.00 bits per heavy atom. The van der Waals surface area contributed by atoms with Gasteiger partial charge in [-0.3, -0.25) is 0 Å². The Bertz CT molecular complexity index is 111. The average molecular weight is 229 g/mol. The molecule has 0 atom stereocenters. The smallest absolute Gasteiger partial charge is 0.129 e. The highest BCUT2D eigenvalue weighted by Gasteiger charge is 1.77. The second-order valence-corrected chi connectivity index (χ2v) is 3.02. The summed E-state index contributed by atoms with van der Waals surface area (Å²) in [5.74, 6) is 0.509. The van der Waals surface area contributed by atoms with Gasteiger partial charge in [-0.2, -0.15) is 0 Å². The standard InChI is InChI=1S/2C4H8O.CH2Cl2/c2*1-3-4(2)5;2-1-3/h2*3H2,1-2H3;1H2. The van der Waals surface area contributed by atoms with E-state index in [9.17, 15) is 9.59 Å². The Morgan fingerprint density at radius 2 is 1.00 bits per heavy atom. The largest absolute Gasteiger partial charge is 0.300 e. The highest BCUT2D eigenvalue weighted by molar-refractivity contribution is 6.40. The summed E-state index contributed by atoms with van der Waals surface area (Å²) in [4.78, 5) is 19.6. The van der Waals surface area contributed by atoms with Gasteiger partial charge in [0.1, 0.15) is 11.6 Å². The Kier molecular flexibility index (Phi) is 25.6. The number of Topliss-reactive ketones (excluding diaryl/α,β-unsaturated/α-hetero) is 2. The lowest BCUT2D eigenvalue weighted by Gasteiger charge is -1.71. The molecule has 0 aliphatic heterocycles. The summed E-state index contributed by atoms with van der Waals surface area (Å²) in [6.07, 6.45) is 1.33. The predicted molar refractivity (Wildman–Crippen MR) is 58.5 cm³/mol. The molecule has 0 fully saturated rings. The average Bonchev–Trinajstić information content (AvgIpc) is 2.07. The van der Waals surface area contributed by atoms with Crippen LogP contribution in [0, 0.1) is 0 Å². The van der Waals surface area contributed by atoms with Gasteiger partial charge in [0, 0.05) is 12.8 Å². The van der Waals surface area contributed by atoms with Crippen LogP contribution in [-0.2, 0) is 9.59 Å². The summed E-state index contributed by atoms with van der Waals surface area (Å²) >= 11 is 9.53. The summed E-state index contributed by atoms with van der Waals surface area (Å²) in [5.41, 5.74) is 0. The fourth-order valence-corrected chi connectivity index (χ4v) is 0. The molecule has 0 bridgehead atoms. The zero-order valence-electron chi connectivity index (χ0n) is 8.69. The molecule has 4 heteroatoms. The van der Waals surface area contributed by atoms with Crippen LogP contribution in [-0.4, -0.2) is 16.9 Å². The number of ketones is 2. The first-order chi connectivity index (χ1) is 5.95.